The second-order valence-corrected chi connectivity index (χ2v) is 12.3. The van der Waals surface area contributed by atoms with Gasteiger partial charge >= 0.3 is 12.1 Å². The molecule has 0 heterocycles. The summed E-state index contributed by atoms with van der Waals surface area (Å²) in [7, 11) is 4.61. The molecule has 0 fully saturated rings. The first kappa shape index (κ1) is 32.7. The van der Waals surface area contributed by atoms with Gasteiger partial charge in [-0.05, 0) is 49.4 Å². The van der Waals surface area contributed by atoms with Gasteiger partial charge in [0.2, 0.25) is 0 Å². The van der Waals surface area contributed by atoms with Gasteiger partial charge in [-0.15, -0.1) is 0 Å². The Morgan fingerprint density at radius 1 is 0.864 bits per heavy atom. The average Bonchev–Trinajstić information content (AvgIpc) is 3.33. The van der Waals surface area contributed by atoms with Crippen LogP contribution in [0.2, 0.25) is 0 Å². The summed E-state index contributed by atoms with van der Waals surface area (Å²) < 4.78 is 27.4. The van der Waals surface area contributed by atoms with E-state index in [-0.39, 0.29) is 36.2 Å². The van der Waals surface area contributed by atoms with Crippen molar-refractivity contribution in [3.8, 4) is 28.4 Å². The van der Waals surface area contributed by atoms with Crippen LogP contribution in [0.25, 0.3) is 11.1 Å². The maximum Gasteiger partial charge on any atom is 0.407 e. The molecular weight excluding hydrogens is 582 g/mol. The van der Waals surface area contributed by atoms with Crippen LogP contribution in [0.1, 0.15) is 56.2 Å². The SMILES string of the molecule is COc1cc(OC)c(CSC(=O)CC[C@H](NC(=O)OCC2c3ccccc3-c3ccccc32)C(=O)OC(C)(C)C)c(OC)c1. The van der Waals surface area contributed by atoms with Crippen molar-refractivity contribution in [2.75, 3.05) is 27.9 Å². The van der Waals surface area contributed by atoms with E-state index in [9.17, 15) is 14.4 Å². The number of amides is 1. The zero-order chi connectivity index (χ0) is 31.9. The molecule has 44 heavy (non-hydrogen) atoms. The van der Waals surface area contributed by atoms with Gasteiger partial charge in [0.15, 0.2) is 5.12 Å². The van der Waals surface area contributed by atoms with Crippen LogP contribution in [0, 0.1) is 0 Å². The lowest BCUT2D eigenvalue weighted by Gasteiger charge is -2.24. The van der Waals surface area contributed by atoms with Gasteiger partial charge in [-0.2, -0.15) is 0 Å². The number of fused-ring (bicyclic) bond motifs is 3. The summed E-state index contributed by atoms with van der Waals surface area (Å²) in [5.41, 5.74) is 4.32. The van der Waals surface area contributed by atoms with Gasteiger partial charge in [0, 0.05) is 35.8 Å². The first-order chi connectivity index (χ1) is 21.0. The number of thioether (sulfide) groups is 1. The van der Waals surface area contributed by atoms with E-state index in [0.29, 0.717) is 22.8 Å². The van der Waals surface area contributed by atoms with E-state index in [0.717, 1.165) is 34.0 Å². The van der Waals surface area contributed by atoms with E-state index in [2.05, 4.69) is 17.4 Å². The number of ether oxygens (including phenoxy) is 5. The molecule has 0 bridgehead atoms. The van der Waals surface area contributed by atoms with Crippen LogP contribution in [-0.2, 0) is 24.8 Å². The predicted molar refractivity (Wildman–Crippen MR) is 169 cm³/mol. The Balaban J connectivity index is 1.39. The molecule has 1 aliphatic carbocycles. The zero-order valence-corrected chi connectivity index (χ0v) is 26.7. The number of hydrogen-bond acceptors (Lipinski definition) is 9. The standard InChI is InChI=1S/C34H39NO8S/c1-34(2,3)43-32(37)28(15-16-31(36)44-20-27-29(40-5)17-21(39-4)18-30(27)41-6)35-33(38)42-19-26-24-13-9-7-11-22(24)23-12-8-10-14-25(23)26/h7-14,17-18,26,28H,15-16,19-20H2,1-6H3,(H,35,38)/t28-/m0/s1. The maximum absolute atomic E-state index is 13.0. The molecule has 234 valence electrons. The lowest BCUT2D eigenvalue weighted by Crippen LogP contribution is -2.44. The van der Waals surface area contributed by atoms with Gasteiger partial charge in [0.25, 0.3) is 0 Å². The number of hydrogen-bond donors (Lipinski definition) is 1. The molecule has 0 radical (unpaired) electrons. The molecule has 1 N–H and O–H groups in total. The lowest BCUT2D eigenvalue weighted by molar-refractivity contribution is -0.157. The van der Waals surface area contributed by atoms with Crippen molar-refractivity contribution in [1.29, 1.82) is 0 Å². The molecule has 0 saturated heterocycles. The van der Waals surface area contributed by atoms with Crippen molar-refractivity contribution in [1.82, 2.24) is 5.32 Å². The van der Waals surface area contributed by atoms with Gasteiger partial charge in [-0.1, -0.05) is 60.3 Å². The molecular formula is C34H39NO8S. The highest BCUT2D eigenvalue weighted by atomic mass is 32.2. The number of nitrogens with one attached hydrogen (secondary N) is 1. The van der Waals surface area contributed by atoms with Gasteiger partial charge in [0.1, 0.15) is 35.5 Å². The van der Waals surface area contributed by atoms with Crippen LogP contribution in [-0.4, -0.2) is 56.8 Å². The molecule has 3 aromatic rings. The molecule has 0 unspecified atom stereocenters. The lowest BCUT2D eigenvalue weighted by atomic mass is 9.98. The van der Waals surface area contributed by atoms with Crippen LogP contribution in [0.3, 0.4) is 0 Å². The summed E-state index contributed by atoms with van der Waals surface area (Å²) in [4.78, 5) is 39.0. The molecule has 4 rings (SSSR count). The highest BCUT2D eigenvalue weighted by Gasteiger charge is 2.31. The highest BCUT2D eigenvalue weighted by Crippen LogP contribution is 2.44. The summed E-state index contributed by atoms with van der Waals surface area (Å²) in [6.45, 7) is 5.32. The van der Waals surface area contributed by atoms with Crippen LogP contribution in [0.4, 0.5) is 4.79 Å². The second-order valence-electron chi connectivity index (χ2n) is 11.3. The number of esters is 1. The van der Waals surface area contributed by atoms with E-state index in [4.69, 9.17) is 23.7 Å². The average molecular weight is 622 g/mol. The molecule has 1 atom stereocenters. The third-order valence-electron chi connectivity index (χ3n) is 7.16. The monoisotopic (exact) mass is 621 g/mol. The molecule has 1 amide bonds. The first-order valence-electron chi connectivity index (χ1n) is 14.3. The third kappa shape index (κ3) is 8.05. The Labute approximate surface area is 262 Å². The van der Waals surface area contributed by atoms with Crippen molar-refractivity contribution < 1.29 is 38.1 Å². The number of alkyl carbamates (subject to hydrolysis) is 1. The van der Waals surface area contributed by atoms with Crippen molar-refractivity contribution >= 4 is 28.9 Å². The molecule has 9 nitrogen and oxygen atoms in total. The quantitative estimate of drug-likeness (QED) is 0.227. The fourth-order valence-corrected chi connectivity index (χ4v) is 5.96. The second kappa shape index (κ2) is 14.5. The normalized spacial score (nSPS) is 12.9. The Morgan fingerprint density at radius 2 is 1.43 bits per heavy atom. The fourth-order valence-electron chi connectivity index (χ4n) is 5.11. The van der Waals surface area contributed by atoms with Crippen LogP contribution in [0.5, 0.6) is 17.2 Å². The maximum atomic E-state index is 13.0. The van der Waals surface area contributed by atoms with Crippen LogP contribution >= 0.6 is 11.8 Å². The Hall–Kier alpha value is -4.18. The number of benzene rings is 3. The van der Waals surface area contributed by atoms with Crippen molar-refractivity contribution in [3.05, 3.63) is 77.4 Å². The van der Waals surface area contributed by atoms with Crippen molar-refractivity contribution in [2.45, 2.75) is 56.9 Å². The summed E-state index contributed by atoms with van der Waals surface area (Å²) >= 11 is 1.07. The Bertz CT molecular complexity index is 1430. The molecule has 0 aromatic heterocycles. The minimum atomic E-state index is -1.07. The highest BCUT2D eigenvalue weighted by molar-refractivity contribution is 8.12. The van der Waals surface area contributed by atoms with E-state index < -0.39 is 23.7 Å². The minimum absolute atomic E-state index is 0.0129. The van der Waals surface area contributed by atoms with Crippen molar-refractivity contribution in [2.24, 2.45) is 0 Å². The Kier molecular flexibility index (Phi) is 10.8. The van der Waals surface area contributed by atoms with Gasteiger partial charge in [-0.25, -0.2) is 9.59 Å². The van der Waals surface area contributed by atoms with Gasteiger partial charge in [0.05, 0.1) is 21.3 Å². The van der Waals surface area contributed by atoms with E-state index in [1.807, 2.05) is 36.4 Å². The van der Waals surface area contributed by atoms with Crippen LogP contribution < -0.4 is 19.5 Å². The third-order valence-corrected chi connectivity index (χ3v) is 8.12. The smallest absolute Gasteiger partial charge is 0.407 e. The molecule has 0 saturated carbocycles. The molecule has 0 spiro atoms. The van der Waals surface area contributed by atoms with E-state index >= 15 is 0 Å². The predicted octanol–water partition coefficient (Wildman–Crippen LogP) is 6.50. The molecule has 10 heteroatoms. The van der Waals surface area contributed by atoms with Gasteiger partial charge < -0.3 is 29.0 Å². The molecule has 3 aromatic carbocycles. The number of carbonyl (C=O) groups is 3. The zero-order valence-electron chi connectivity index (χ0n) is 25.9. The number of methoxy groups -OCH3 is 3. The first-order valence-corrected chi connectivity index (χ1v) is 15.3. The summed E-state index contributed by atoms with van der Waals surface area (Å²) in [5.74, 6) is 1.15. The van der Waals surface area contributed by atoms with Gasteiger partial charge in [-0.3, -0.25) is 4.79 Å². The molecule has 0 aliphatic heterocycles. The number of rotatable bonds is 12. The summed E-state index contributed by atoms with van der Waals surface area (Å²) in [5, 5.41) is 2.47. The fraction of sp³-hybridized carbons (Fsp3) is 0.382. The summed E-state index contributed by atoms with van der Waals surface area (Å²) in [6, 6.07) is 18.5. The van der Waals surface area contributed by atoms with Crippen molar-refractivity contribution in [3.63, 3.8) is 0 Å². The van der Waals surface area contributed by atoms with E-state index in [1.165, 1.54) is 14.2 Å². The summed E-state index contributed by atoms with van der Waals surface area (Å²) in [6.07, 6.45) is -0.698. The topological polar surface area (TPSA) is 109 Å². The minimum Gasteiger partial charge on any atom is -0.496 e. The Morgan fingerprint density at radius 3 is 1.95 bits per heavy atom. The largest absolute Gasteiger partial charge is 0.496 e. The van der Waals surface area contributed by atoms with E-state index in [1.54, 1.807) is 40.0 Å². The van der Waals surface area contributed by atoms with Crippen LogP contribution in [0.15, 0.2) is 60.7 Å². The molecule has 1 aliphatic rings. The number of carbonyl (C=O) groups excluding carboxylic acids is 3.